The molecule has 0 radical (unpaired) electrons. The second kappa shape index (κ2) is 4.04. The fraction of sp³-hybridized carbons (Fsp3) is 0.900. The predicted molar refractivity (Wildman–Crippen MR) is 48.0 cm³/mol. The van der Waals surface area contributed by atoms with Crippen LogP contribution in [-0.4, -0.2) is 18.5 Å². The molecular weight excluding hydrogens is 152 g/mol. The second-order valence-corrected chi connectivity index (χ2v) is 4.03. The zero-order valence-corrected chi connectivity index (χ0v) is 8.12. The first-order valence-corrected chi connectivity index (χ1v) is 4.76. The second-order valence-electron chi connectivity index (χ2n) is 4.03. The van der Waals surface area contributed by atoms with Gasteiger partial charge in [-0.15, -0.1) is 0 Å². The fourth-order valence-electron chi connectivity index (χ4n) is 1.61. The van der Waals surface area contributed by atoms with E-state index in [-0.39, 0.29) is 6.10 Å². The van der Waals surface area contributed by atoms with E-state index in [4.69, 9.17) is 4.74 Å². The molecule has 0 aromatic heterocycles. The van der Waals surface area contributed by atoms with Gasteiger partial charge in [0.2, 0.25) is 0 Å². The minimum atomic E-state index is -0.129. The van der Waals surface area contributed by atoms with Crippen LogP contribution in [0.5, 0.6) is 0 Å². The molecule has 12 heavy (non-hydrogen) atoms. The van der Waals surface area contributed by atoms with Crippen LogP contribution in [0.1, 0.15) is 33.6 Å². The van der Waals surface area contributed by atoms with Crippen LogP contribution in [-0.2, 0) is 9.53 Å². The van der Waals surface area contributed by atoms with Crippen molar-refractivity contribution < 1.29 is 9.53 Å². The molecule has 3 atom stereocenters. The van der Waals surface area contributed by atoms with Gasteiger partial charge >= 0.3 is 0 Å². The smallest absolute Gasteiger partial charge is 0.148 e. The summed E-state index contributed by atoms with van der Waals surface area (Å²) in [7, 11) is 0. The molecule has 0 spiro atoms. The molecule has 1 saturated heterocycles. The minimum absolute atomic E-state index is 0.129. The summed E-state index contributed by atoms with van der Waals surface area (Å²) in [6.45, 7) is 6.59. The Labute approximate surface area is 74.3 Å². The Balaban J connectivity index is 2.40. The largest absolute Gasteiger partial charge is 0.367 e. The molecule has 1 heterocycles. The van der Waals surface area contributed by atoms with Gasteiger partial charge in [-0.3, -0.25) is 0 Å². The summed E-state index contributed by atoms with van der Waals surface area (Å²) >= 11 is 0. The van der Waals surface area contributed by atoms with Gasteiger partial charge in [0.05, 0.1) is 6.10 Å². The molecule has 2 heteroatoms. The average Bonchev–Trinajstić information content (AvgIpc) is 2.50. The molecule has 1 aliphatic heterocycles. The van der Waals surface area contributed by atoms with E-state index >= 15 is 0 Å². The van der Waals surface area contributed by atoms with E-state index in [1.54, 1.807) is 0 Å². The van der Waals surface area contributed by atoms with Crippen LogP contribution in [0, 0.1) is 11.8 Å². The van der Waals surface area contributed by atoms with Crippen LogP contribution in [0.3, 0.4) is 0 Å². The van der Waals surface area contributed by atoms with E-state index in [1.807, 2.05) is 0 Å². The van der Waals surface area contributed by atoms with Crippen molar-refractivity contribution in [1.29, 1.82) is 0 Å². The lowest BCUT2D eigenvalue weighted by molar-refractivity contribution is -0.118. The summed E-state index contributed by atoms with van der Waals surface area (Å²) in [5.41, 5.74) is 0. The molecule has 0 bridgehead atoms. The summed E-state index contributed by atoms with van der Waals surface area (Å²) in [5.74, 6) is 1.20. The Bertz CT molecular complexity index is 154. The number of hydrogen-bond donors (Lipinski definition) is 0. The quantitative estimate of drug-likeness (QED) is 0.606. The Morgan fingerprint density at radius 3 is 2.42 bits per heavy atom. The molecule has 3 unspecified atom stereocenters. The third-order valence-electron chi connectivity index (χ3n) is 2.88. The summed E-state index contributed by atoms with van der Waals surface area (Å²) in [6.07, 6.45) is 3.05. The van der Waals surface area contributed by atoms with Crippen LogP contribution in [0.25, 0.3) is 0 Å². The Morgan fingerprint density at radius 2 is 2.00 bits per heavy atom. The van der Waals surface area contributed by atoms with Crippen molar-refractivity contribution >= 4 is 6.29 Å². The standard InChI is InChI=1S/C10H18O2/c1-7(2)8(3)10-5-4-9(6-11)12-10/h6-10H,4-5H2,1-3H3. The van der Waals surface area contributed by atoms with E-state index in [0.29, 0.717) is 17.9 Å². The van der Waals surface area contributed by atoms with Crippen molar-refractivity contribution in [2.45, 2.75) is 45.8 Å². The summed E-state index contributed by atoms with van der Waals surface area (Å²) in [5, 5.41) is 0. The summed E-state index contributed by atoms with van der Waals surface area (Å²) < 4.78 is 5.57. The minimum Gasteiger partial charge on any atom is -0.367 e. The van der Waals surface area contributed by atoms with E-state index in [9.17, 15) is 4.79 Å². The third kappa shape index (κ3) is 2.07. The van der Waals surface area contributed by atoms with E-state index in [1.165, 1.54) is 0 Å². The normalized spacial score (nSPS) is 32.3. The maximum Gasteiger partial charge on any atom is 0.148 e. The van der Waals surface area contributed by atoms with Gasteiger partial charge in [-0.25, -0.2) is 0 Å². The van der Waals surface area contributed by atoms with E-state index in [2.05, 4.69) is 20.8 Å². The SMILES string of the molecule is CC(C)C(C)C1CCC(C=O)O1. The molecule has 70 valence electrons. The third-order valence-corrected chi connectivity index (χ3v) is 2.88. The van der Waals surface area contributed by atoms with Crippen molar-refractivity contribution in [1.82, 2.24) is 0 Å². The topological polar surface area (TPSA) is 26.3 Å². The van der Waals surface area contributed by atoms with Gasteiger partial charge in [-0.05, 0) is 24.7 Å². The van der Waals surface area contributed by atoms with Crippen molar-refractivity contribution in [3.63, 3.8) is 0 Å². The maximum absolute atomic E-state index is 10.4. The van der Waals surface area contributed by atoms with Crippen molar-refractivity contribution in [2.24, 2.45) is 11.8 Å². The molecule has 1 fully saturated rings. The van der Waals surface area contributed by atoms with Gasteiger partial charge in [0, 0.05) is 0 Å². The first-order valence-electron chi connectivity index (χ1n) is 4.76. The number of rotatable bonds is 3. The van der Waals surface area contributed by atoms with Gasteiger partial charge < -0.3 is 9.53 Å². The van der Waals surface area contributed by atoms with Crippen LogP contribution in [0.15, 0.2) is 0 Å². The Morgan fingerprint density at radius 1 is 1.33 bits per heavy atom. The van der Waals surface area contributed by atoms with Crippen LogP contribution >= 0.6 is 0 Å². The van der Waals surface area contributed by atoms with Crippen LogP contribution < -0.4 is 0 Å². The summed E-state index contributed by atoms with van der Waals surface area (Å²) in [4.78, 5) is 10.4. The van der Waals surface area contributed by atoms with Crippen molar-refractivity contribution in [2.75, 3.05) is 0 Å². The zero-order chi connectivity index (χ0) is 9.14. The molecule has 0 amide bonds. The lowest BCUT2D eigenvalue weighted by atomic mass is 9.91. The monoisotopic (exact) mass is 170 g/mol. The average molecular weight is 170 g/mol. The summed E-state index contributed by atoms with van der Waals surface area (Å²) in [6, 6.07) is 0. The van der Waals surface area contributed by atoms with E-state index in [0.717, 1.165) is 19.1 Å². The van der Waals surface area contributed by atoms with E-state index < -0.39 is 0 Å². The number of aldehydes is 1. The first kappa shape index (κ1) is 9.72. The van der Waals surface area contributed by atoms with Gasteiger partial charge in [0.1, 0.15) is 12.4 Å². The number of carbonyl (C=O) groups is 1. The number of carbonyl (C=O) groups excluding carboxylic acids is 1. The molecule has 0 aromatic rings. The first-order chi connectivity index (χ1) is 5.65. The lowest BCUT2D eigenvalue weighted by Crippen LogP contribution is -2.23. The predicted octanol–water partition coefficient (Wildman–Crippen LogP) is 2.02. The van der Waals surface area contributed by atoms with Crippen LogP contribution in [0.4, 0.5) is 0 Å². The molecule has 0 saturated carbocycles. The highest BCUT2D eigenvalue weighted by Gasteiger charge is 2.30. The Kier molecular flexibility index (Phi) is 3.27. The maximum atomic E-state index is 10.4. The highest BCUT2D eigenvalue weighted by Crippen LogP contribution is 2.28. The van der Waals surface area contributed by atoms with Gasteiger partial charge in [0.15, 0.2) is 0 Å². The lowest BCUT2D eigenvalue weighted by Gasteiger charge is -2.22. The van der Waals surface area contributed by atoms with Crippen molar-refractivity contribution in [3.8, 4) is 0 Å². The molecule has 1 rings (SSSR count). The Hall–Kier alpha value is -0.370. The van der Waals surface area contributed by atoms with Gasteiger partial charge in [-0.2, -0.15) is 0 Å². The van der Waals surface area contributed by atoms with Gasteiger partial charge in [-0.1, -0.05) is 20.8 Å². The highest BCUT2D eigenvalue weighted by atomic mass is 16.5. The highest BCUT2D eigenvalue weighted by molar-refractivity contribution is 5.56. The molecule has 1 aliphatic rings. The van der Waals surface area contributed by atoms with Crippen molar-refractivity contribution in [3.05, 3.63) is 0 Å². The molecular formula is C10H18O2. The van der Waals surface area contributed by atoms with Gasteiger partial charge in [0.25, 0.3) is 0 Å². The molecule has 0 aliphatic carbocycles. The molecule has 2 nitrogen and oxygen atoms in total. The van der Waals surface area contributed by atoms with Crippen LogP contribution in [0.2, 0.25) is 0 Å². The number of ether oxygens (including phenoxy) is 1. The molecule has 0 aromatic carbocycles. The zero-order valence-electron chi connectivity index (χ0n) is 8.12. The molecule has 0 N–H and O–H groups in total. The number of hydrogen-bond acceptors (Lipinski definition) is 2. The fourth-order valence-corrected chi connectivity index (χ4v) is 1.61.